The van der Waals surface area contributed by atoms with Crippen molar-refractivity contribution in [3.8, 4) is 0 Å². The lowest BCUT2D eigenvalue weighted by Crippen LogP contribution is -2.31. The molecule has 0 amide bonds. The molecule has 0 fully saturated rings. The maximum atomic E-state index is 13.0. The molecule has 0 radical (unpaired) electrons. The molecule has 0 aliphatic rings. The largest absolute Gasteiger partial charge is 0.329 e. The first kappa shape index (κ1) is 9.16. The van der Waals surface area contributed by atoms with E-state index in [-0.39, 0.29) is 11.9 Å². The predicted octanol–water partition coefficient (Wildman–Crippen LogP) is 0.654. The second-order valence-corrected chi connectivity index (χ2v) is 2.79. The molecule has 1 unspecified atom stereocenters. The Balaban J connectivity index is 2.69. The summed E-state index contributed by atoms with van der Waals surface area (Å²) in [6, 6.07) is 6.46. The Morgan fingerprint density at radius 3 is 2.58 bits per heavy atom. The fourth-order valence-corrected chi connectivity index (χ4v) is 1.03. The van der Waals surface area contributed by atoms with Gasteiger partial charge in [0, 0.05) is 12.6 Å². The first-order valence-electron chi connectivity index (χ1n) is 3.93. The predicted molar refractivity (Wildman–Crippen MR) is 47.1 cm³/mol. The minimum atomic E-state index is -0.207. The molecule has 0 saturated heterocycles. The fourth-order valence-electron chi connectivity index (χ4n) is 1.03. The molecule has 12 heavy (non-hydrogen) atoms. The zero-order valence-corrected chi connectivity index (χ0v) is 6.83. The Bertz CT molecular complexity index is 250. The van der Waals surface area contributed by atoms with Crippen LogP contribution in [-0.4, -0.2) is 12.6 Å². The molecule has 0 saturated carbocycles. The molecule has 1 aromatic rings. The molecule has 0 aromatic heterocycles. The van der Waals surface area contributed by atoms with Crippen molar-refractivity contribution in [2.75, 3.05) is 6.54 Å². The average Bonchev–Trinajstić information content (AvgIpc) is 2.09. The second-order valence-electron chi connectivity index (χ2n) is 2.79. The molecule has 0 heterocycles. The summed E-state index contributed by atoms with van der Waals surface area (Å²) < 4.78 is 13.0. The molecule has 3 heteroatoms. The highest BCUT2D eigenvalue weighted by atomic mass is 19.1. The molecule has 0 spiro atoms. The fraction of sp³-hybridized carbons (Fsp3) is 0.333. The van der Waals surface area contributed by atoms with Gasteiger partial charge in [-0.05, 0) is 18.1 Å². The van der Waals surface area contributed by atoms with Gasteiger partial charge in [-0.25, -0.2) is 4.39 Å². The first-order valence-corrected chi connectivity index (χ1v) is 3.93. The van der Waals surface area contributed by atoms with Gasteiger partial charge in [0.1, 0.15) is 5.82 Å². The van der Waals surface area contributed by atoms with Crippen molar-refractivity contribution in [3.63, 3.8) is 0 Å². The molecular formula is C9H13FN2. The van der Waals surface area contributed by atoms with Gasteiger partial charge in [0.25, 0.3) is 0 Å². The topological polar surface area (TPSA) is 52.0 Å². The lowest BCUT2D eigenvalue weighted by Gasteiger charge is -2.08. The summed E-state index contributed by atoms with van der Waals surface area (Å²) in [5, 5.41) is 0. The van der Waals surface area contributed by atoms with Crippen LogP contribution in [0, 0.1) is 5.82 Å². The van der Waals surface area contributed by atoms with Crippen LogP contribution in [0.15, 0.2) is 24.3 Å². The van der Waals surface area contributed by atoms with E-state index in [2.05, 4.69) is 0 Å². The van der Waals surface area contributed by atoms with Gasteiger partial charge in [-0.15, -0.1) is 0 Å². The maximum absolute atomic E-state index is 13.0. The lowest BCUT2D eigenvalue weighted by molar-refractivity contribution is 0.588. The summed E-state index contributed by atoms with van der Waals surface area (Å²) in [4.78, 5) is 0. The van der Waals surface area contributed by atoms with E-state index in [9.17, 15) is 4.39 Å². The van der Waals surface area contributed by atoms with Gasteiger partial charge in [-0.1, -0.05) is 18.2 Å². The molecule has 66 valence electrons. The van der Waals surface area contributed by atoms with Crippen LogP contribution < -0.4 is 11.5 Å². The van der Waals surface area contributed by atoms with E-state index in [0.29, 0.717) is 18.5 Å². The zero-order chi connectivity index (χ0) is 8.97. The normalized spacial score (nSPS) is 12.9. The Hall–Kier alpha value is -0.930. The third-order valence-corrected chi connectivity index (χ3v) is 1.74. The van der Waals surface area contributed by atoms with Gasteiger partial charge in [-0.2, -0.15) is 0 Å². The third kappa shape index (κ3) is 2.29. The van der Waals surface area contributed by atoms with Crippen molar-refractivity contribution < 1.29 is 4.39 Å². The number of nitrogens with two attached hydrogens (primary N) is 2. The van der Waals surface area contributed by atoms with E-state index in [0.717, 1.165) is 0 Å². The van der Waals surface area contributed by atoms with Gasteiger partial charge in [0.2, 0.25) is 0 Å². The van der Waals surface area contributed by atoms with E-state index in [1.165, 1.54) is 6.07 Å². The zero-order valence-electron chi connectivity index (χ0n) is 6.83. The van der Waals surface area contributed by atoms with E-state index < -0.39 is 0 Å². The summed E-state index contributed by atoms with van der Waals surface area (Å²) in [6.07, 6.45) is 0.503. The first-order chi connectivity index (χ1) is 5.74. The number of hydrogen-bond donors (Lipinski definition) is 2. The monoisotopic (exact) mass is 168 g/mol. The summed E-state index contributed by atoms with van der Waals surface area (Å²) in [5.41, 5.74) is 11.5. The van der Waals surface area contributed by atoms with Crippen LogP contribution in [0.2, 0.25) is 0 Å². The van der Waals surface area contributed by atoms with E-state index in [1.807, 2.05) is 0 Å². The molecule has 0 aliphatic carbocycles. The van der Waals surface area contributed by atoms with Crippen molar-refractivity contribution in [1.29, 1.82) is 0 Å². The van der Waals surface area contributed by atoms with E-state index in [4.69, 9.17) is 11.5 Å². The van der Waals surface area contributed by atoms with Gasteiger partial charge in [-0.3, -0.25) is 0 Å². The summed E-state index contributed by atoms with van der Waals surface area (Å²) in [5.74, 6) is -0.207. The van der Waals surface area contributed by atoms with E-state index >= 15 is 0 Å². The molecule has 1 rings (SSSR count). The van der Waals surface area contributed by atoms with Crippen molar-refractivity contribution in [2.45, 2.75) is 12.5 Å². The lowest BCUT2D eigenvalue weighted by atomic mass is 10.1. The standard InChI is InChI=1S/C9H13FN2/c10-9-4-2-1-3-7(9)5-8(12)6-11/h1-4,8H,5-6,11-12H2. The van der Waals surface area contributed by atoms with Crippen molar-refractivity contribution in [2.24, 2.45) is 11.5 Å². The quantitative estimate of drug-likeness (QED) is 0.696. The molecule has 0 aliphatic heterocycles. The average molecular weight is 168 g/mol. The van der Waals surface area contributed by atoms with Crippen LogP contribution in [-0.2, 0) is 6.42 Å². The second kappa shape index (κ2) is 4.18. The summed E-state index contributed by atoms with van der Waals surface area (Å²) in [7, 11) is 0. The number of halogens is 1. The number of benzene rings is 1. The Morgan fingerprint density at radius 2 is 2.00 bits per heavy atom. The Kier molecular flexibility index (Phi) is 3.19. The Labute approximate surface area is 71.4 Å². The summed E-state index contributed by atoms with van der Waals surface area (Å²) in [6.45, 7) is 0.383. The SMILES string of the molecule is NCC(N)Cc1ccccc1F. The third-order valence-electron chi connectivity index (χ3n) is 1.74. The van der Waals surface area contributed by atoms with Crippen LogP contribution in [0.4, 0.5) is 4.39 Å². The van der Waals surface area contributed by atoms with Crippen LogP contribution in [0.5, 0.6) is 0 Å². The molecule has 1 aromatic carbocycles. The minimum absolute atomic E-state index is 0.151. The molecule has 2 nitrogen and oxygen atoms in total. The molecular weight excluding hydrogens is 155 g/mol. The van der Waals surface area contributed by atoms with Gasteiger partial charge in [0.05, 0.1) is 0 Å². The van der Waals surface area contributed by atoms with Gasteiger partial charge >= 0.3 is 0 Å². The molecule has 4 N–H and O–H groups in total. The van der Waals surface area contributed by atoms with Crippen LogP contribution >= 0.6 is 0 Å². The highest BCUT2D eigenvalue weighted by Crippen LogP contribution is 2.07. The van der Waals surface area contributed by atoms with Crippen molar-refractivity contribution in [3.05, 3.63) is 35.6 Å². The van der Waals surface area contributed by atoms with Crippen LogP contribution in [0.1, 0.15) is 5.56 Å². The molecule has 1 atom stereocenters. The minimum Gasteiger partial charge on any atom is -0.329 e. The maximum Gasteiger partial charge on any atom is 0.126 e. The van der Waals surface area contributed by atoms with E-state index in [1.54, 1.807) is 18.2 Å². The van der Waals surface area contributed by atoms with Gasteiger partial charge in [0.15, 0.2) is 0 Å². The van der Waals surface area contributed by atoms with Gasteiger partial charge < -0.3 is 11.5 Å². The van der Waals surface area contributed by atoms with Crippen molar-refractivity contribution in [1.82, 2.24) is 0 Å². The number of rotatable bonds is 3. The van der Waals surface area contributed by atoms with Crippen LogP contribution in [0.3, 0.4) is 0 Å². The highest BCUT2D eigenvalue weighted by Gasteiger charge is 2.04. The number of hydrogen-bond acceptors (Lipinski definition) is 2. The highest BCUT2D eigenvalue weighted by molar-refractivity contribution is 5.18. The molecule has 0 bridgehead atoms. The van der Waals surface area contributed by atoms with Crippen molar-refractivity contribution >= 4 is 0 Å². The Morgan fingerprint density at radius 1 is 1.33 bits per heavy atom. The smallest absolute Gasteiger partial charge is 0.126 e. The summed E-state index contributed by atoms with van der Waals surface area (Å²) >= 11 is 0. The van der Waals surface area contributed by atoms with Crippen LogP contribution in [0.25, 0.3) is 0 Å².